The zero-order valence-corrected chi connectivity index (χ0v) is 18.1. The second-order valence-electron chi connectivity index (χ2n) is 6.62. The third kappa shape index (κ3) is 5.84. The SMILES string of the molecule is COCCOc1ccc(CNC(=O)c2cccnc2SCc2c(C)noc2C)cc1. The van der Waals surface area contributed by atoms with Crippen LogP contribution in [-0.2, 0) is 17.0 Å². The van der Waals surface area contributed by atoms with Crippen molar-refractivity contribution in [2.45, 2.75) is 31.2 Å². The molecule has 0 unspecified atom stereocenters. The minimum Gasteiger partial charge on any atom is -0.491 e. The minimum absolute atomic E-state index is 0.162. The van der Waals surface area contributed by atoms with Crippen LogP contribution in [-0.4, -0.2) is 36.4 Å². The number of carbonyl (C=O) groups excluding carboxylic acids is 1. The Bertz CT molecular complexity index is 953. The molecule has 0 radical (unpaired) electrons. The third-order valence-electron chi connectivity index (χ3n) is 4.48. The lowest BCUT2D eigenvalue weighted by molar-refractivity contribution is 0.0947. The number of hydrogen-bond acceptors (Lipinski definition) is 7. The number of methoxy groups -OCH3 is 1. The number of rotatable bonds is 10. The molecule has 0 atom stereocenters. The fourth-order valence-corrected chi connectivity index (χ4v) is 3.90. The number of amides is 1. The number of ether oxygens (including phenoxy) is 2. The molecule has 1 aromatic carbocycles. The van der Waals surface area contributed by atoms with Gasteiger partial charge in [-0.05, 0) is 43.7 Å². The fraction of sp³-hybridized carbons (Fsp3) is 0.318. The summed E-state index contributed by atoms with van der Waals surface area (Å²) in [5.41, 5.74) is 3.42. The molecule has 8 heteroatoms. The van der Waals surface area contributed by atoms with E-state index in [0.717, 1.165) is 28.3 Å². The molecular formula is C22H25N3O4S. The van der Waals surface area contributed by atoms with Crippen LogP contribution in [0.15, 0.2) is 52.1 Å². The highest BCUT2D eigenvalue weighted by Gasteiger charge is 2.15. The highest BCUT2D eigenvalue weighted by Crippen LogP contribution is 2.27. The molecule has 2 heterocycles. The van der Waals surface area contributed by atoms with E-state index in [1.54, 1.807) is 25.4 Å². The highest BCUT2D eigenvalue weighted by atomic mass is 32.2. The molecular weight excluding hydrogens is 402 g/mol. The van der Waals surface area contributed by atoms with Gasteiger partial charge in [-0.2, -0.15) is 0 Å². The zero-order valence-electron chi connectivity index (χ0n) is 17.3. The molecule has 7 nitrogen and oxygen atoms in total. The fourth-order valence-electron chi connectivity index (χ4n) is 2.75. The first-order valence-electron chi connectivity index (χ1n) is 9.57. The molecule has 0 bridgehead atoms. The van der Waals surface area contributed by atoms with Gasteiger partial charge in [0.2, 0.25) is 0 Å². The summed E-state index contributed by atoms with van der Waals surface area (Å²) in [5.74, 6) is 2.04. The molecule has 3 rings (SSSR count). The van der Waals surface area contributed by atoms with Crippen molar-refractivity contribution < 1.29 is 18.8 Å². The maximum Gasteiger partial charge on any atom is 0.254 e. The van der Waals surface area contributed by atoms with Crippen molar-refractivity contribution in [3.8, 4) is 5.75 Å². The quantitative estimate of drug-likeness (QED) is 0.387. The van der Waals surface area contributed by atoms with Gasteiger partial charge in [-0.3, -0.25) is 4.79 Å². The third-order valence-corrected chi connectivity index (χ3v) is 5.51. The van der Waals surface area contributed by atoms with E-state index in [1.165, 1.54) is 11.8 Å². The van der Waals surface area contributed by atoms with Gasteiger partial charge in [0, 0.05) is 31.2 Å². The van der Waals surface area contributed by atoms with Crippen LogP contribution >= 0.6 is 11.8 Å². The molecule has 3 aromatic rings. The number of thioether (sulfide) groups is 1. The molecule has 0 spiro atoms. The van der Waals surface area contributed by atoms with E-state index in [9.17, 15) is 4.79 Å². The van der Waals surface area contributed by atoms with Crippen LogP contribution in [0.4, 0.5) is 0 Å². The van der Waals surface area contributed by atoms with Gasteiger partial charge in [0.25, 0.3) is 5.91 Å². The Morgan fingerprint density at radius 1 is 1.17 bits per heavy atom. The first kappa shape index (κ1) is 21.9. The summed E-state index contributed by atoms with van der Waals surface area (Å²) in [6.45, 7) is 5.25. The molecule has 0 saturated carbocycles. The number of nitrogens with one attached hydrogen (secondary N) is 1. The summed E-state index contributed by atoms with van der Waals surface area (Å²) in [4.78, 5) is 17.1. The predicted molar refractivity (Wildman–Crippen MR) is 115 cm³/mol. The van der Waals surface area contributed by atoms with Crippen molar-refractivity contribution in [3.63, 3.8) is 0 Å². The molecule has 0 aliphatic carbocycles. The molecule has 0 saturated heterocycles. The average molecular weight is 428 g/mol. The normalized spacial score (nSPS) is 10.8. The van der Waals surface area contributed by atoms with Gasteiger partial charge in [0.15, 0.2) is 0 Å². The Morgan fingerprint density at radius 3 is 2.67 bits per heavy atom. The van der Waals surface area contributed by atoms with E-state index in [-0.39, 0.29) is 5.91 Å². The maximum atomic E-state index is 12.7. The van der Waals surface area contributed by atoms with Gasteiger partial charge < -0.3 is 19.3 Å². The number of pyridine rings is 1. The number of hydrogen-bond donors (Lipinski definition) is 1. The van der Waals surface area contributed by atoms with Gasteiger partial charge in [0.05, 0.1) is 17.9 Å². The van der Waals surface area contributed by atoms with Gasteiger partial charge in [-0.25, -0.2) is 4.98 Å². The van der Waals surface area contributed by atoms with E-state index in [2.05, 4.69) is 15.5 Å². The van der Waals surface area contributed by atoms with Gasteiger partial charge in [0.1, 0.15) is 23.1 Å². The Hall–Kier alpha value is -2.84. The predicted octanol–water partition coefficient (Wildman–Crippen LogP) is 3.93. The van der Waals surface area contributed by atoms with Crippen LogP contribution in [0.3, 0.4) is 0 Å². The van der Waals surface area contributed by atoms with Crippen LogP contribution in [0.2, 0.25) is 0 Å². The van der Waals surface area contributed by atoms with Crippen LogP contribution < -0.4 is 10.1 Å². The van der Waals surface area contributed by atoms with Gasteiger partial charge in [-0.1, -0.05) is 17.3 Å². The van der Waals surface area contributed by atoms with Crippen molar-refractivity contribution in [1.29, 1.82) is 0 Å². The molecule has 158 valence electrons. The first-order valence-corrected chi connectivity index (χ1v) is 10.6. The Kier molecular flexibility index (Phi) is 7.87. The van der Waals surface area contributed by atoms with E-state index < -0.39 is 0 Å². The minimum atomic E-state index is -0.162. The molecule has 0 aliphatic heterocycles. The van der Waals surface area contributed by atoms with E-state index in [1.807, 2.05) is 38.1 Å². The first-order chi connectivity index (χ1) is 14.6. The lowest BCUT2D eigenvalue weighted by Gasteiger charge is -2.10. The number of aryl methyl sites for hydroxylation is 2. The smallest absolute Gasteiger partial charge is 0.254 e. The van der Waals surface area contributed by atoms with Crippen LogP contribution in [0.5, 0.6) is 5.75 Å². The largest absolute Gasteiger partial charge is 0.491 e. The second-order valence-corrected chi connectivity index (χ2v) is 7.58. The summed E-state index contributed by atoms with van der Waals surface area (Å²) in [6, 6.07) is 11.2. The van der Waals surface area contributed by atoms with E-state index in [4.69, 9.17) is 14.0 Å². The van der Waals surface area contributed by atoms with Crippen molar-refractivity contribution in [1.82, 2.24) is 15.5 Å². The highest BCUT2D eigenvalue weighted by molar-refractivity contribution is 7.98. The Morgan fingerprint density at radius 2 is 1.97 bits per heavy atom. The van der Waals surface area contributed by atoms with Gasteiger partial charge in [-0.15, -0.1) is 11.8 Å². The van der Waals surface area contributed by atoms with Crippen LogP contribution in [0.1, 0.15) is 32.9 Å². The van der Waals surface area contributed by atoms with Crippen LogP contribution in [0, 0.1) is 13.8 Å². The Labute approximate surface area is 180 Å². The van der Waals surface area contributed by atoms with Crippen LogP contribution in [0.25, 0.3) is 0 Å². The van der Waals surface area contributed by atoms with Crippen molar-refractivity contribution in [2.75, 3.05) is 20.3 Å². The summed E-state index contributed by atoms with van der Waals surface area (Å²) >= 11 is 1.50. The van der Waals surface area contributed by atoms with Crippen molar-refractivity contribution >= 4 is 17.7 Å². The number of carbonyl (C=O) groups is 1. The zero-order chi connectivity index (χ0) is 21.3. The molecule has 2 aromatic heterocycles. The molecule has 0 aliphatic rings. The van der Waals surface area contributed by atoms with E-state index in [0.29, 0.717) is 36.1 Å². The number of aromatic nitrogens is 2. The number of nitrogens with zero attached hydrogens (tertiary/aromatic N) is 2. The average Bonchev–Trinajstić information content (AvgIpc) is 3.09. The maximum absolute atomic E-state index is 12.7. The van der Waals surface area contributed by atoms with Gasteiger partial charge >= 0.3 is 0 Å². The second kappa shape index (κ2) is 10.8. The molecule has 30 heavy (non-hydrogen) atoms. The molecule has 1 amide bonds. The summed E-state index contributed by atoms with van der Waals surface area (Å²) in [6.07, 6.45) is 1.69. The standard InChI is InChI=1S/C22H25N3O4S/c1-15-20(16(2)29-25-15)14-30-22-19(5-4-10-23-22)21(26)24-13-17-6-8-18(9-7-17)28-12-11-27-3/h4-10H,11-14H2,1-3H3,(H,24,26). The van der Waals surface area contributed by atoms with E-state index >= 15 is 0 Å². The van der Waals surface area contributed by atoms with Crippen molar-refractivity contribution in [2.24, 2.45) is 0 Å². The number of benzene rings is 1. The summed E-state index contributed by atoms with van der Waals surface area (Å²) < 4.78 is 15.7. The Balaban J connectivity index is 1.58. The summed E-state index contributed by atoms with van der Waals surface area (Å²) in [7, 11) is 1.64. The lowest BCUT2D eigenvalue weighted by atomic mass is 10.2. The topological polar surface area (TPSA) is 86.5 Å². The lowest BCUT2D eigenvalue weighted by Crippen LogP contribution is -2.23. The monoisotopic (exact) mass is 427 g/mol. The van der Waals surface area contributed by atoms with Crippen molar-refractivity contribution in [3.05, 3.63) is 70.7 Å². The molecule has 1 N–H and O–H groups in total. The molecule has 0 fully saturated rings. The summed E-state index contributed by atoms with van der Waals surface area (Å²) in [5, 5.41) is 7.61.